The van der Waals surface area contributed by atoms with Gasteiger partial charge in [0.05, 0.1) is 10.2 Å². The first-order valence-electron chi connectivity index (χ1n) is 8.02. The summed E-state index contributed by atoms with van der Waals surface area (Å²) in [5.74, 6) is 0.844. The molecule has 6 nitrogen and oxygen atoms in total. The van der Waals surface area contributed by atoms with Crippen LogP contribution in [0.15, 0.2) is 33.4 Å². The Morgan fingerprint density at radius 1 is 1.28 bits per heavy atom. The Kier molecular flexibility index (Phi) is 6.22. The second kappa shape index (κ2) is 8.59. The van der Waals surface area contributed by atoms with Gasteiger partial charge in [-0.3, -0.25) is 14.2 Å². The quantitative estimate of drug-likeness (QED) is 0.357. The van der Waals surface area contributed by atoms with Gasteiger partial charge in [0.2, 0.25) is 11.0 Å². The van der Waals surface area contributed by atoms with Crippen LogP contribution in [0.25, 0.3) is 10.2 Å². The second-order valence-corrected chi connectivity index (χ2v) is 8.67. The molecule has 0 atom stereocenters. The van der Waals surface area contributed by atoms with E-state index in [1.165, 1.54) is 22.7 Å². The van der Waals surface area contributed by atoms with Crippen LogP contribution in [0.1, 0.15) is 26.2 Å². The van der Waals surface area contributed by atoms with Crippen LogP contribution in [0.5, 0.6) is 0 Å². The van der Waals surface area contributed by atoms with E-state index in [0.717, 1.165) is 33.2 Å². The molecule has 1 aromatic carbocycles. The predicted molar refractivity (Wildman–Crippen MR) is 105 cm³/mol. The van der Waals surface area contributed by atoms with Gasteiger partial charge in [-0.1, -0.05) is 59.9 Å². The number of amides is 1. The fourth-order valence-electron chi connectivity index (χ4n) is 2.24. The van der Waals surface area contributed by atoms with Crippen molar-refractivity contribution >= 4 is 55.7 Å². The summed E-state index contributed by atoms with van der Waals surface area (Å²) >= 11 is 4.24. The average Bonchev–Trinajstić information content (AvgIpc) is 3.16. The van der Waals surface area contributed by atoms with Gasteiger partial charge >= 0.3 is 4.87 Å². The summed E-state index contributed by atoms with van der Waals surface area (Å²) in [7, 11) is 0. The number of fused-ring (bicyclic) bond motifs is 1. The van der Waals surface area contributed by atoms with Gasteiger partial charge in [0, 0.05) is 18.7 Å². The fraction of sp³-hybridized carbons (Fsp3) is 0.375. The molecule has 0 spiro atoms. The number of nitrogens with one attached hydrogen (secondary N) is 1. The number of rotatable bonds is 8. The fourth-order valence-corrected chi connectivity index (χ4v) is 5.08. The van der Waals surface area contributed by atoms with E-state index >= 15 is 0 Å². The summed E-state index contributed by atoms with van der Waals surface area (Å²) in [6, 6.07) is 7.61. The van der Waals surface area contributed by atoms with Crippen LogP contribution < -0.4 is 10.2 Å². The minimum absolute atomic E-state index is 0.0421. The number of nitrogens with zero attached hydrogens (tertiary/aromatic N) is 3. The Bertz CT molecular complexity index is 915. The van der Waals surface area contributed by atoms with Gasteiger partial charge in [-0.2, -0.15) is 0 Å². The number of hydrogen-bond donors (Lipinski definition) is 1. The molecule has 2 heterocycles. The number of hydrogen-bond acceptors (Lipinski definition) is 7. The summed E-state index contributed by atoms with van der Waals surface area (Å²) in [6.45, 7) is 2.50. The molecular weight excluding hydrogens is 376 g/mol. The maximum Gasteiger partial charge on any atom is 0.308 e. The molecule has 0 radical (unpaired) electrons. The van der Waals surface area contributed by atoms with E-state index in [-0.39, 0.29) is 17.2 Å². The van der Waals surface area contributed by atoms with Gasteiger partial charge in [0.15, 0.2) is 4.34 Å². The van der Waals surface area contributed by atoms with Crippen molar-refractivity contribution < 1.29 is 4.79 Å². The zero-order valence-corrected chi connectivity index (χ0v) is 16.2. The van der Waals surface area contributed by atoms with Gasteiger partial charge in [-0.15, -0.1) is 10.2 Å². The Labute approximate surface area is 157 Å². The largest absolute Gasteiger partial charge is 0.308 e. The summed E-state index contributed by atoms with van der Waals surface area (Å²) in [5.41, 5.74) is 0.871. The zero-order valence-electron chi connectivity index (χ0n) is 13.7. The molecule has 9 heteroatoms. The summed E-state index contributed by atoms with van der Waals surface area (Å²) in [6.07, 6.45) is 2.50. The number of unbranched alkanes of at least 4 members (excludes halogenated alkanes) is 1. The van der Waals surface area contributed by atoms with Crippen molar-refractivity contribution in [2.45, 2.75) is 37.1 Å². The maximum atomic E-state index is 12.1. The number of carbonyl (C=O) groups excluding carboxylic acids is 1. The predicted octanol–water partition coefficient (Wildman–Crippen LogP) is 3.84. The maximum absolute atomic E-state index is 12.1. The molecule has 0 aliphatic carbocycles. The highest BCUT2D eigenvalue weighted by atomic mass is 32.2. The van der Waals surface area contributed by atoms with Crippen LogP contribution in [0.2, 0.25) is 0 Å². The smallest absolute Gasteiger partial charge is 0.300 e. The van der Waals surface area contributed by atoms with Crippen molar-refractivity contribution in [3.63, 3.8) is 0 Å². The Hall–Kier alpha value is -1.71. The number of carbonyl (C=O) groups is 1. The minimum atomic E-state index is -0.163. The highest BCUT2D eigenvalue weighted by Gasteiger charge is 2.11. The molecular formula is C16H18N4O2S3. The van der Waals surface area contributed by atoms with Gasteiger partial charge in [0.25, 0.3) is 0 Å². The van der Waals surface area contributed by atoms with Crippen molar-refractivity contribution in [3.05, 3.63) is 33.9 Å². The number of aryl methyl sites for hydroxylation is 1. The Morgan fingerprint density at radius 2 is 2.12 bits per heavy atom. The third-order valence-electron chi connectivity index (χ3n) is 3.51. The normalized spacial score (nSPS) is 11.1. The third-order valence-corrected chi connectivity index (χ3v) is 6.53. The molecule has 0 bridgehead atoms. The molecule has 1 N–H and O–H groups in total. The lowest BCUT2D eigenvalue weighted by Crippen LogP contribution is -2.19. The highest BCUT2D eigenvalue weighted by Crippen LogP contribution is 2.26. The lowest BCUT2D eigenvalue weighted by Gasteiger charge is -2.03. The minimum Gasteiger partial charge on any atom is -0.300 e. The lowest BCUT2D eigenvalue weighted by molar-refractivity contribution is -0.116. The zero-order chi connectivity index (χ0) is 17.6. The van der Waals surface area contributed by atoms with Crippen molar-refractivity contribution in [2.75, 3.05) is 11.1 Å². The van der Waals surface area contributed by atoms with Gasteiger partial charge in [-0.05, 0) is 18.6 Å². The number of benzene rings is 1. The van der Waals surface area contributed by atoms with Crippen LogP contribution in [-0.4, -0.2) is 26.4 Å². The molecule has 0 saturated heterocycles. The van der Waals surface area contributed by atoms with Gasteiger partial charge in [-0.25, -0.2) is 0 Å². The van der Waals surface area contributed by atoms with E-state index in [2.05, 4.69) is 22.4 Å². The molecule has 0 unspecified atom stereocenters. The molecule has 3 aromatic rings. The van der Waals surface area contributed by atoms with E-state index in [1.807, 2.05) is 24.3 Å². The second-order valence-electron chi connectivity index (χ2n) is 5.36. The summed E-state index contributed by atoms with van der Waals surface area (Å²) in [5, 5.41) is 11.3. The van der Waals surface area contributed by atoms with Crippen LogP contribution in [0.4, 0.5) is 5.13 Å². The average molecular weight is 395 g/mol. The molecule has 0 saturated carbocycles. The number of thioether (sulfide) groups is 1. The first kappa shape index (κ1) is 18.1. The molecule has 3 rings (SSSR count). The first-order chi connectivity index (χ1) is 12.2. The van der Waals surface area contributed by atoms with Crippen LogP contribution >= 0.6 is 34.4 Å². The van der Waals surface area contributed by atoms with Crippen molar-refractivity contribution in [1.29, 1.82) is 0 Å². The van der Waals surface area contributed by atoms with E-state index in [4.69, 9.17) is 0 Å². The van der Waals surface area contributed by atoms with Crippen LogP contribution in [0, 0.1) is 0 Å². The number of para-hydroxylation sites is 1. The standard InChI is InChI=1S/C16H18N4O2S3/c1-2-3-10-23-15-19-18-14(25-15)17-13(21)8-9-20-11-6-4-5-7-12(11)24-16(20)22/h4-7H,2-3,8-10H2,1H3,(H,17,18,21). The third kappa shape index (κ3) is 4.68. The highest BCUT2D eigenvalue weighted by molar-refractivity contribution is 8.01. The molecule has 2 aromatic heterocycles. The van der Waals surface area contributed by atoms with Crippen LogP contribution in [0.3, 0.4) is 0 Å². The van der Waals surface area contributed by atoms with E-state index < -0.39 is 0 Å². The van der Waals surface area contributed by atoms with Gasteiger partial charge in [0.1, 0.15) is 0 Å². The van der Waals surface area contributed by atoms with E-state index in [9.17, 15) is 9.59 Å². The van der Waals surface area contributed by atoms with Crippen LogP contribution in [-0.2, 0) is 11.3 Å². The number of aromatic nitrogens is 3. The molecule has 1 amide bonds. The number of thiazole rings is 1. The molecule has 132 valence electrons. The monoisotopic (exact) mass is 394 g/mol. The molecule has 0 fully saturated rings. The Balaban J connectivity index is 1.56. The Morgan fingerprint density at radius 3 is 2.96 bits per heavy atom. The molecule has 0 aliphatic heterocycles. The van der Waals surface area contributed by atoms with Crippen molar-refractivity contribution in [2.24, 2.45) is 0 Å². The molecule has 0 aliphatic rings. The number of anilines is 1. The lowest BCUT2D eigenvalue weighted by atomic mass is 10.3. The summed E-state index contributed by atoms with van der Waals surface area (Å²) < 4.78 is 3.45. The van der Waals surface area contributed by atoms with E-state index in [0.29, 0.717) is 11.7 Å². The summed E-state index contributed by atoms with van der Waals surface area (Å²) in [4.78, 5) is 24.2. The molecule has 25 heavy (non-hydrogen) atoms. The SMILES string of the molecule is CCCCSc1nnc(NC(=O)CCn2c(=O)sc3ccccc32)s1. The van der Waals surface area contributed by atoms with Crippen molar-refractivity contribution in [1.82, 2.24) is 14.8 Å². The van der Waals surface area contributed by atoms with E-state index in [1.54, 1.807) is 16.3 Å². The first-order valence-corrected chi connectivity index (χ1v) is 10.6. The van der Waals surface area contributed by atoms with Gasteiger partial charge < -0.3 is 5.32 Å². The van der Waals surface area contributed by atoms with Crippen molar-refractivity contribution in [3.8, 4) is 0 Å². The topological polar surface area (TPSA) is 76.9 Å².